The van der Waals surface area contributed by atoms with Gasteiger partial charge in [-0.25, -0.2) is 0 Å². The topological polar surface area (TPSA) is 90.9 Å². The minimum absolute atomic E-state index is 0.0426. The highest BCUT2D eigenvalue weighted by atomic mass is 35.5. The molecule has 0 aliphatic rings. The van der Waals surface area contributed by atoms with Crippen LogP contribution in [0, 0.1) is 11.3 Å². The Morgan fingerprint density at radius 2 is 2.04 bits per heavy atom. The number of nitrogens with two attached hydrogens (primary N) is 1. The van der Waals surface area contributed by atoms with Gasteiger partial charge in [-0.1, -0.05) is 35.3 Å². The summed E-state index contributed by atoms with van der Waals surface area (Å²) in [6, 6.07) is 14.1. The molecule has 2 aromatic rings. The van der Waals surface area contributed by atoms with Crippen molar-refractivity contribution in [2.24, 2.45) is 0 Å². The smallest absolute Gasteiger partial charge is 0.267 e. The molecule has 2 rings (SSSR count). The molecule has 0 aliphatic heterocycles. The molecule has 0 aliphatic carbocycles. The monoisotopic (exact) mass is 374 g/mol. The average Bonchev–Trinajstić information content (AvgIpc) is 2.58. The van der Waals surface area contributed by atoms with Gasteiger partial charge in [-0.3, -0.25) is 4.79 Å². The SMILES string of the molecule is N#C/C(=C/NCCc1cccc(Cl)c1)C(=O)Nc1ccc(N)c(Cl)c1. The van der Waals surface area contributed by atoms with E-state index in [-0.39, 0.29) is 5.57 Å². The van der Waals surface area contributed by atoms with Crippen molar-refractivity contribution in [2.45, 2.75) is 6.42 Å². The maximum Gasteiger partial charge on any atom is 0.267 e. The zero-order valence-electron chi connectivity index (χ0n) is 13.2. The molecule has 5 nitrogen and oxygen atoms in total. The van der Waals surface area contributed by atoms with Crippen LogP contribution >= 0.6 is 23.2 Å². The molecule has 0 aromatic heterocycles. The van der Waals surface area contributed by atoms with Gasteiger partial charge in [0, 0.05) is 23.5 Å². The van der Waals surface area contributed by atoms with Crippen molar-refractivity contribution >= 4 is 40.5 Å². The van der Waals surface area contributed by atoms with E-state index in [9.17, 15) is 4.79 Å². The second-order valence-electron chi connectivity index (χ2n) is 5.19. The predicted octanol–water partition coefficient (Wildman–Crippen LogP) is 3.75. The molecule has 0 unspecified atom stereocenters. The van der Waals surface area contributed by atoms with Crippen LogP contribution < -0.4 is 16.4 Å². The minimum Gasteiger partial charge on any atom is -0.398 e. The lowest BCUT2D eigenvalue weighted by Crippen LogP contribution is -2.18. The van der Waals surface area contributed by atoms with Gasteiger partial charge in [0.1, 0.15) is 11.6 Å². The van der Waals surface area contributed by atoms with E-state index in [1.807, 2.05) is 24.3 Å². The Hall–Kier alpha value is -2.68. The van der Waals surface area contributed by atoms with Crippen molar-refractivity contribution in [3.8, 4) is 6.07 Å². The summed E-state index contributed by atoms with van der Waals surface area (Å²) in [5, 5.41) is 15.7. The van der Waals surface area contributed by atoms with E-state index in [0.717, 1.165) is 5.56 Å². The number of anilines is 2. The normalized spacial score (nSPS) is 10.8. The van der Waals surface area contributed by atoms with Crippen LogP contribution in [0.1, 0.15) is 5.56 Å². The molecule has 7 heteroatoms. The van der Waals surface area contributed by atoms with Crippen molar-refractivity contribution in [1.29, 1.82) is 5.26 Å². The summed E-state index contributed by atoms with van der Waals surface area (Å²) in [7, 11) is 0. The van der Waals surface area contributed by atoms with Crippen LogP contribution in [0.25, 0.3) is 0 Å². The highest BCUT2D eigenvalue weighted by Gasteiger charge is 2.10. The molecule has 4 N–H and O–H groups in total. The molecule has 0 saturated carbocycles. The summed E-state index contributed by atoms with van der Waals surface area (Å²) >= 11 is 11.8. The fourth-order valence-corrected chi connectivity index (χ4v) is 2.43. The van der Waals surface area contributed by atoms with E-state index >= 15 is 0 Å². The molecule has 0 fully saturated rings. The first kappa shape index (κ1) is 18.7. The van der Waals surface area contributed by atoms with Crippen LogP contribution in [0.3, 0.4) is 0 Å². The van der Waals surface area contributed by atoms with Gasteiger partial charge in [0.25, 0.3) is 5.91 Å². The van der Waals surface area contributed by atoms with Gasteiger partial charge < -0.3 is 16.4 Å². The Morgan fingerprint density at radius 3 is 2.72 bits per heavy atom. The third kappa shape index (κ3) is 5.71. The second-order valence-corrected chi connectivity index (χ2v) is 6.04. The van der Waals surface area contributed by atoms with E-state index in [1.54, 1.807) is 18.2 Å². The van der Waals surface area contributed by atoms with Gasteiger partial charge in [-0.2, -0.15) is 5.26 Å². The van der Waals surface area contributed by atoms with Gasteiger partial charge in [-0.05, 0) is 42.3 Å². The number of nitrogens with one attached hydrogen (secondary N) is 2. The van der Waals surface area contributed by atoms with Crippen molar-refractivity contribution in [2.75, 3.05) is 17.6 Å². The largest absolute Gasteiger partial charge is 0.398 e. The van der Waals surface area contributed by atoms with Crippen LogP contribution in [0.5, 0.6) is 0 Å². The fraction of sp³-hybridized carbons (Fsp3) is 0.111. The Morgan fingerprint density at radius 1 is 1.24 bits per heavy atom. The summed E-state index contributed by atoms with van der Waals surface area (Å²) in [6.45, 7) is 0.562. The van der Waals surface area contributed by atoms with E-state index in [0.29, 0.717) is 34.4 Å². The average molecular weight is 375 g/mol. The number of halogens is 2. The minimum atomic E-state index is -0.529. The third-order valence-electron chi connectivity index (χ3n) is 3.32. The molecule has 0 heterocycles. The predicted molar refractivity (Wildman–Crippen MR) is 101 cm³/mol. The van der Waals surface area contributed by atoms with E-state index in [2.05, 4.69) is 10.6 Å². The fourth-order valence-electron chi connectivity index (χ4n) is 2.04. The van der Waals surface area contributed by atoms with Gasteiger partial charge in [0.2, 0.25) is 0 Å². The summed E-state index contributed by atoms with van der Waals surface area (Å²) < 4.78 is 0. The van der Waals surface area contributed by atoms with Crippen LogP contribution in [-0.2, 0) is 11.2 Å². The van der Waals surface area contributed by atoms with E-state index in [4.69, 9.17) is 34.2 Å². The number of rotatable bonds is 6. The number of amides is 1. The molecule has 0 spiro atoms. The van der Waals surface area contributed by atoms with Crippen molar-refractivity contribution in [3.63, 3.8) is 0 Å². The highest BCUT2D eigenvalue weighted by molar-refractivity contribution is 6.33. The quantitative estimate of drug-likeness (QED) is 0.310. The number of nitrogen functional groups attached to an aromatic ring is 1. The summed E-state index contributed by atoms with van der Waals surface area (Å²) in [5.41, 5.74) is 7.51. The van der Waals surface area contributed by atoms with Crippen LogP contribution in [0.2, 0.25) is 10.0 Å². The Labute approximate surface area is 156 Å². The first-order chi connectivity index (χ1) is 12.0. The zero-order valence-corrected chi connectivity index (χ0v) is 14.7. The molecular weight excluding hydrogens is 359 g/mol. The lowest BCUT2D eigenvalue weighted by molar-refractivity contribution is -0.112. The molecule has 128 valence electrons. The number of nitriles is 1. The summed E-state index contributed by atoms with van der Waals surface area (Å²) in [4.78, 5) is 12.1. The Bertz CT molecular complexity index is 843. The van der Waals surface area contributed by atoms with Gasteiger partial charge in [-0.15, -0.1) is 0 Å². The number of carbonyl (C=O) groups excluding carboxylic acids is 1. The maximum atomic E-state index is 12.1. The van der Waals surface area contributed by atoms with Gasteiger partial charge >= 0.3 is 0 Å². The summed E-state index contributed by atoms with van der Waals surface area (Å²) in [6.07, 6.45) is 2.10. The Balaban J connectivity index is 1.91. The van der Waals surface area contributed by atoms with Crippen LogP contribution in [0.4, 0.5) is 11.4 Å². The Kier molecular flexibility index (Phi) is 6.70. The highest BCUT2D eigenvalue weighted by Crippen LogP contribution is 2.22. The molecule has 25 heavy (non-hydrogen) atoms. The van der Waals surface area contributed by atoms with Gasteiger partial charge in [0.05, 0.1) is 10.7 Å². The standard InChI is InChI=1S/C18H16Cl2N4O/c19-14-3-1-2-12(8-14)6-7-23-11-13(10-21)18(25)24-15-4-5-17(22)16(20)9-15/h1-5,8-9,11,23H,6-7,22H2,(H,24,25)/b13-11-. The molecule has 0 atom stereocenters. The molecular formula is C18H16Cl2N4O. The second kappa shape index (κ2) is 8.97. The van der Waals surface area contributed by atoms with E-state index < -0.39 is 5.91 Å². The molecule has 0 radical (unpaired) electrons. The van der Waals surface area contributed by atoms with Gasteiger partial charge in [0.15, 0.2) is 0 Å². The van der Waals surface area contributed by atoms with Crippen LogP contribution in [0.15, 0.2) is 54.2 Å². The molecule has 0 bridgehead atoms. The van der Waals surface area contributed by atoms with Crippen molar-refractivity contribution in [1.82, 2.24) is 5.32 Å². The number of nitrogens with zero attached hydrogens (tertiary/aromatic N) is 1. The van der Waals surface area contributed by atoms with Crippen molar-refractivity contribution < 1.29 is 4.79 Å². The van der Waals surface area contributed by atoms with E-state index in [1.165, 1.54) is 12.3 Å². The first-order valence-corrected chi connectivity index (χ1v) is 8.19. The number of hydrogen-bond donors (Lipinski definition) is 3. The molecule has 2 aromatic carbocycles. The summed E-state index contributed by atoms with van der Waals surface area (Å²) in [5.74, 6) is -0.529. The molecule has 1 amide bonds. The lowest BCUT2D eigenvalue weighted by atomic mass is 10.1. The third-order valence-corrected chi connectivity index (χ3v) is 3.88. The number of carbonyl (C=O) groups is 1. The van der Waals surface area contributed by atoms with Crippen molar-refractivity contribution in [3.05, 3.63) is 69.8 Å². The number of hydrogen-bond acceptors (Lipinski definition) is 4. The number of benzene rings is 2. The molecule has 0 saturated heterocycles. The van der Waals surface area contributed by atoms with Crippen LogP contribution in [-0.4, -0.2) is 12.5 Å². The zero-order chi connectivity index (χ0) is 18.2. The first-order valence-electron chi connectivity index (χ1n) is 7.44. The lowest BCUT2D eigenvalue weighted by Gasteiger charge is -2.07. The maximum absolute atomic E-state index is 12.1.